The van der Waals surface area contributed by atoms with Crippen LogP contribution in [0.1, 0.15) is 51.3 Å². The maximum absolute atomic E-state index is 13.0. The van der Waals surface area contributed by atoms with Crippen molar-refractivity contribution in [2.75, 3.05) is 13.1 Å². The molecular weight excluding hydrogens is 447 g/mol. The number of halogens is 3. The highest BCUT2D eigenvalue weighted by Crippen LogP contribution is 2.31. The second kappa shape index (κ2) is 8.52. The lowest BCUT2D eigenvalue weighted by Gasteiger charge is -2.38. The Morgan fingerprint density at radius 3 is 2.85 bits per heavy atom. The van der Waals surface area contributed by atoms with Gasteiger partial charge >= 0.3 is 12.1 Å². The molecule has 0 amide bonds. The van der Waals surface area contributed by atoms with Crippen molar-refractivity contribution in [2.45, 2.75) is 45.3 Å². The number of rotatable bonds is 4. The Bertz CT molecular complexity index is 1240. The van der Waals surface area contributed by atoms with E-state index < -0.39 is 11.9 Å². The molecule has 5 rings (SSSR count). The minimum atomic E-state index is -4.51. The average Bonchev–Trinajstić information content (AvgIpc) is 3.40. The Labute approximate surface area is 194 Å². The van der Waals surface area contributed by atoms with Gasteiger partial charge in [0.15, 0.2) is 0 Å². The molecule has 0 bridgehead atoms. The van der Waals surface area contributed by atoms with Crippen molar-refractivity contribution in [3.8, 4) is 5.69 Å². The van der Waals surface area contributed by atoms with Crippen LogP contribution in [0, 0.1) is 6.92 Å². The molecule has 0 unspecified atom stereocenters. The van der Waals surface area contributed by atoms with Gasteiger partial charge in [0, 0.05) is 55.2 Å². The lowest BCUT2D eigenvalue weighted by atomic mass is 9.92. The van der Waals surface area contributed by atoms with E-state index in [2.05, 4.69) is 27.2 Å². The topological polar surface area (TPSA) is 72.3 Å². The van der Waals surface area contributed by atoms with Gasteiger partial charge in [-0.05, 0) is 43.2 Å². The Kier molecular flexibility index (Phi) is 5.65. The zero-order valence-electron chi connectivity index (χ0n) is 18.8. The van der Waals surface area contributed by atoms with E-state index in [1.807, 2.05) is 19.1 Å². The SMILES string of the molecule is Cc1c([C@@H]2CN(Cc3cnn(-c4ccnc(C(F)(F)F)c4)c3)C[C@H](C)N2)ccc2c1COC2=O. The quantitative estimate of drug-likeness (QED) is 0.584. The minimum Gasteiger partial charge on any atom is -0.457 e. The molecule has 1 aromatic carbocycles. The molecule has 4 heterocycles. The van der Waals surface area contributed by atoms with Gasteiger partial charge in [0.05, 0.1) is 17.4 Å². The summed E-state index contributed by atoms with van der Waals surface area (Å²) < 4.78 is 45.6. The first-order chi connectivity index (χ1) is 16.2. The number of ether oxygens (including phenoxy) is 1. The van der Waals surface area contributed by atoms with E-state index in [1.54, 1.807) is 12.4 Å². The average molecular weight is 471 g/mol. The predicted molar refractivity (Wildman–Crippen MR) is 117 cm³/mol. The van der Waals surface area contributed by atoms with Crippen LogP contribution in [0.25, 0.3) is 5.69 Å². The number of carbonyl (C=O) groups excluding carboxylic acids is 1. The van der Waals surface area contributed by atoms with Crippen LogP contribution in [-0.2, 0) is 24.1 Å². The number of pyridine rings is 1. The van der Waals surface area contributed by atoms with Gasteiger partial charge < -0.3 is 10.1 Å². The van der Waals surface area contributed by atoms with Crippen molar-refractivity contribution in [3.05, 3.63) is 76.4 Å². The van der Waals surface area contributed by atoms with Gasteiger partial charge in [-0.3, -0.25) is 9.88 Å². The van der Waals surface area contributed by atoms with Crippen molar-refractivity contribution in [1.29, 1.82) is 0 Å². The third-order valence-corrected chi connectivity index (χ3v) is 6.38. The number of nitrogens with zero attached hydrogens (tertiary/aromatic N) is 4. The van der Waals surface area contributed by atoms with Crippen molar-refractivity contribution < 1.29 is 22.7 Å². The van der Waals surface area contributed by atoms with Gasteiger partial charge in [-0.2, -0.15) is 18.3 Å². The fraction of sp³-hybridized carbons (Fsp3) is 0.375. The van der Waals surface area contributed by atoms with Gasteiger partial charge in [-0.1, -0.05) is 6.07 Å². The monoisotopic (exact) mass is 471 g/mol. The smallest absolute Gasteiger partial charge is 0.433 e. The van der Waals surface area contributed by atoms with E-state index >= 15 is 0 Å². The lowest BCUT2D eigenvalue weighted by molar-refractivity contribution is -0.141. The highest BCUT2D eigenvalue weighted by atomic mass is 19.4. The summed E-state index contributed by atoms with van der Waals surface area (Å²) in [5.41, 5.74) is 4.07. The summed E-state index contributed by atoms with van der Waals surface area (Å²) in [6.07, 6.45) is 0.0620. The number of esters is 1. The summed E-state index contributed by atoms with van der Waals surface area (Å²) in [4.78, 5) is 17.6. The van der Waals surface area contributed by atoms with E-state index in [-0.39, 0.29) is 18.1 Å². The first kappa shape index (κ1) is 22.5. The lowest BCUT2D eigenvalue weighted by Crippen LogP contribution is -2.50. The van der Waals surface area contributed by atoms with Gasteiger partial charge in [-0.15, -0.1) is 0 Å². The van der Waals surface area contributed by atoms with E-state index in [1.165, 1.54) is 10.7 Å². The Morgan fingerprint density at radius 1 is 1.24 bits per heavy atom. The van der Waals surface area contributed by atoms with Crippen LogP contribution >= 0.6 is 0 Å². The number of benzene rings is 1. The molecule has 0 saturated carbocycles. The van der Waals surface area contributed by atoms with Gasteiger partial charge in [0.2, 0.25) is 0 Å². The van der Waals surface area contributed by atoms with E-state index in [9.17, 15) is 18.0 Å². The van der Waals surface area contributed by atoms with Gasteiger partial charge in [-0.25, -0.2) is 9.48 Å². The van der Waals surface area contributed by atoms with Crippen molar-refractivity contribution in [3.63, 3.8) is 0 Å². The van der Waals surface area contributed by atoms with Crippen LogP contribution in [0.3, 0.4) is 0 Å². The standard InChI is InChI=1S/C24H24F3N5O2/c1-14-9-31(12-21(30-14)18-3-4-19-20(15(18)2)13-34-23(19)33)10-16-8-29-32(11-16)17-5-6-28-22(7-17)24(25,26)27/h3-8,11,14,21,30H,9-10,12-13H2,1-2H3/t14-,21-/m0/s1. The Balaban J connectivity index is 1.33. The van der Waals surface area contributed by atoms with Crippen LogP contribution in [0.15, 0.2) is 42.9 Å². The summed E-state index contributed by atoms with van der Waals surface area (Å²) in [7, 11) is 0. The molecule has 7 nitrogen and oxygen atoms in total. The third kappa shape index (κ3) is 4.30. The molecule has 1 N–H and O–H groups in total. The minimum absolute atomic E-state index is 0.0781. The summed E-state index contributed by atoms with van der Waals surface area (Å²) in [5.74, 6) is -0.273. The van der Waals surface area contributed by atoms with Crippen molar-refractivity contribution in [2.24, 2.45) is 0 Å². The second-order valence-electron chi connectivity index (χ2n) is 8.89. The molecule has 2 aromatic heterocycles. The van der Waals surface area contributed by atoms with E-state index in [0.29, 0.717) is 24.4 Å². The van der Waals surface area contributed by atoms with Crippen LogP contribution in [0.5, 0.6) is 0 Å². The number of nitrogens with one attached hydrogen (secondary N) is 1. The summed E-state index contributed by atoms with van der Waals surface area (Å²) in [5, 5.41) is 7.91. The molecule has 3 aromatic rings. The molecule has 2 aliphatic rings. The highest BCUT2D eigenvalue weighted by molar-refractivity contribution is 5.94. The fourth-order valence-corrected chi connectivity index (χ4v) is 4.79. The zero-order valence-corrected chi connectivity index (χ0v) is 18.8. The maximum atomic E-state index is 13.0. The largest absolute Gasteiger partial charge is 0.457 e. The van der Waals surface area contributed by atoms with E-state index in [0.717, 1.165) is 47.6 Å². The molecule has 178 valence electrons. The summed E-state index contributed by atoms with van der Waals surface area (Å²) >= 11 is 0. The normalized spacial score (nSPS) is 20.9. The predicted octanol–water partition coefficient (Wildman–Crippen LogP) is 3.80. The van der Waals surface area contributed by atoms with Crippen LogP contribution in [-0.4, -0.2) is 44.8 Å². The zero-order chi connectivity index (χ0) is 24.0. The number of aromatic nitrogens is 3. The van der Waals surface area contributed by atoms with Gasteiger partial charge in [0.25, 0.3) is 0 Å². The maximum Gasteiger partial charge on any atom is 0.433 e. The molecule has 0 radical (unpaired) electrons. The van der Waals surface area contributed by atoms with Crippen LogP contribution < -0.4 is 5.32 Å². The Morgan fingerprint density at radius 2 is 2.06 bits per heavy atom. The van der Waals surface area contributed by atoms with E-state index in [4.69, 9.17) is 4.74 Å². The number of cyclic esters (lactones) is 1. The molecule has 2 aliphatic heterocycles. The first-order valence-electron chi connectivity index (χ1n) is 11.0. The number of hydrogen-bond donors (Lipinski definition) is 1. The molecule has 34 heavy (non-hydrogen) atoms. The molecule has 10 heteroatoms. The van der Waals surface area contributed by atoms with Crippen molar-refractivity contribution >= 4 is 5.97 Å². The summed E-state index contributed by atoms with van der Waals surface area (Å²) in [6.45, 7) is 6.64. The highest BCUT2D eigenvalue weighted by Gasteiger charge is 2.33. The van der Waals surface area contributed by atoms with Crippen molar-refractivity contribution in [1.82, 2.24) is 25.0 Å². The molecule has 2 atom stereocenters. The molecule has 0 aliphatic carbocycles. The first-order valence-corrected chi connectivity index (χ1v) is 11.0. The summed E-state index contributed by atoms with van der Waals surface area (Å²) in [6, 6.07) is 6.63. The van der Waals surface area contributed by atoms with Crippen LogP contribution in [0.4, 0.5) is 13.2 Å². The molecular formula is C24H24F3N5O2. The van der Waals surface area contributed by atoms with Crippen LogP contribution in [0.2, 0.25) is 0 Å². The number of carbonyl (C=O) groups is 1. The third-order valence-electron chi connectivity index (χ3n) is 6.38. The number of alkyl halides is 3. The second-order valence-corrected chi connectivity index (χ2v) is 8.89. The fourth-order valence-electron chi connectivity index (χ4n) is 4.79. The number of fused-ring (bicyclic) bond motifs is 1. The molecule has 0 spiro atoms. The number of hydrogen-bond acceptors (Lipinski definition) is 6. The Hall–Kier alpha value is -3.24. The molecule has 1 fully saturated rings. The number of piperazine rings is 1. The van der Waals surface area contributed by atoms with Gasteiger partial charge in [0.1, 0.15) is 12.3 Å². The molecule has 1 saturated heterocycles.